The van der Waals surface area contributed by atoms with E-state index in [9.17, 15) is 0 Å². The zero-order valence-electron chi connectivity index (χ0n) is 15.1. The van der Waals surface area contributed by atoms with E-state index in [1.807, 2.05) is 24.4 Å². The molecule has 0 aliphatic carbocycles. The minimum absolute atomic E-state index is 0.176. The van der Waals surface area contributed by atoms with E-state index in [0.29, 0.717) is 12.5 Å². The largest absolute Gasteiger partial charge is 0.474 e. The number of fused-ring (bicyclic) bond motifs is 1. The third kappa shape index (κ3) is 3.37. The number of hydrogen-bond acceptors (Lipinski definition) is 4. The van der Waals surface area contributed by atoms with Gasteiger partial charge in [-0.1, -0.05) is 31.2 Å². The monoisotopic (exact) mass is 348 g/mol. The fourth-order valence-electron chi connectivity index (χ4n) is 3.48. The molecule has 1 aliphatic rings. The summed E-state index contributed by atoms with van der Waals surface area (Å²) in [5.74, 6) is 0.679. The molecule has 4 rings (SSSR count). The van der Waals surface area contributed by atoms with Crippen LogP contribution in [0.5, 0.6) is 5.88 Å². The van der Waals surface area contributed by atoms with Crippen molar-refractivity contribution in [1.29, 1.82) is 0 Å². The van der Waals surface area contributed by atoms with Gasteiger partial charge in [-0.05, 0) is 54.0 Å². The normalized spacial score (nSPS) is 16.9. The summed E-state index contributed by atoms with van der Waals surface area (Å²) in [6, 6.07) is 14.4. The van der Waals surface area contributed by atoms with Crippen molar-refractivity contribution in [3.8, 4) is 17.0 Å². The van der Waals surface area contributed by atoms with Gasteiger partial charge in [-0.15, -0.1) is 0 Å². The van der Waals surface area contributed by atoms with Gasteiger partial charge in [0.15, 0.2) is 0 Å². The molecule has 1 aromatic heterocycles. The van der Waals surface area contributed by atoms with Gasteiger partial charge in [-0.3, -0.25) is 0 Å². The molecule has 0 radical (unpaired) electrons. The average Bonchev–Trinajstić information content (AvgIpc) is 3.19. The molecule has 2 heterocycles. The molecule has 1 atom stereocenters. The van der Waals surface area contributed by atoms with Crippen molar-refractivity contribution >= 4 is 16.5 Å². The lowest BCUT2D eigenvalue weighted by Gasteiger charge is -2.15. The van der Waals surface area contributed by atoms with Crippen molar-refractivity contribution in [2.75, 3.05) is 18.9 Å². The zero-order chi connectivity index (χ0) is 17.9. The summed E-state index contributed by atoms with van der Waals surface area (Å²) in [5, 5.41) is 2.17. The predicted octanol–water partition coefficient (Wildman–Crippen LogP) is 4.60. The Balaban J connectivity index is 1.76. The highest BCUT2D eigenvalue weighted by molar-refractivity contribution is 5.99. The lowest BCUT2D eigenvalue weighted by atomic mass is 9.98. The molecule has 1 aliphatic heterocycles. The van der Waals surface area contributed by atoms with Crippen LogP contribution in [-0.4, -0.2) is 24.3 Å². The first-order chi connectivity index (χ1) is 12.7. The summed E-state index contributed by atoms with van der Waals surface area (Å²) in [6.07, 6.45) is 5.20. The van der Waals surface area contributed by atoms with Gasteiger partial charge in [0.05, 0.1) is 6.10 Å². The van der Waals surface area contributed by atoms with Crippen molar-refractivity contribution in [3.63, 3.8) is 0 Å². The number of rotatable bonds is 5. The van der Waals surface area contributed by atoms with Gasteiger partial charge in [0.2, 0.25) is 5.88 Å². The second kappa shape index (κ2) is 7.34. The minimum Gasteiger partial charge on any atom is -0.474 e. The number of aromatic nitrogens is 1. The molecule has 1 unspecified atom stereocenters. The molecule has 0 spiro atoms. The number of anilines is 1. The Morgan fingerprint density at radius 3 is 2.88 bits per heavy atom. The number of nitrogens with zero attached hydrogens (tertiary/aromatic N) is 1. The highest BCUT2D eigenvalue weighted by Crippen LogP contribution is 2.34. The van der Waals surface area contributed by atoms with Crippen molar-refractivity contribution in [2.45, 2.75) is 32.3 Å². The molecule has 2 N–H and O–H groups in total. The van der Waals surface area contributed by atoms with Crippen LogP contribution in [0.4, 0.5) is 5.69 Å². The van der Waals surface area contributed by atoms with Gasteiger partial charge in [-0.25, -0.2) is 4.98 Å². The first-order valence-electron chi connectivity index (χ1n) is 9.26. The third-order valence-corrected chi connectivity index (χ3v) is 4.95. The van der Waals surface area contributed by atoms with E-state index in [0.717, 1.165) is 53.5 Å². The maximum absolute atomic E-state index is 6.06. The summed E-state index contributed by atoms with van der Waals surface area (Å²) < 4.78 is 11.7. The van der Waals surface area contributed by atoms with E-state index in [4.69, 9.17) is 15.2 Å². The highest BCUT2D eigenvalue weighted by atomic mass is 16.5. The van der Waals surface area contributed by atoms with Gasteiger partial charge < -0.3 is 15.2 Å². The quantitative estimate of drug-likeness (QED) is 0.684. The molecular formula is C22H24N2O2. The molecule has 26 heavy (non-hydrogen) atoms. The molecule has 4 nitrogen and oxygen atoms in total. The minimum atomic E-state index is 0.176. The van der Waals surface area contributed by atoms with Crippen LogP contribution in [0.3, 0.4) is 0 Å². The molecule has 0 saturated carbocycles. The van der Waals surface area contributed by atoms with Crippen LogP contribution in [0.25, 0.3) is 21.9 Å². The van der Waals surface area contributed by atoms with Crippen LogP contribution in [0, 0.1) is 0 Å². The zero-order valence-corrected chi connectivity index (χ0v) is 15.1. The SMILES string of the molecule is CCc1ccc2c(-c3cccc(N)c3)cnc(OCC3CCCO3)c2c1. The summed E-state index contributed by atoms with van der Waals surface area (Å²) in [6.45, 7) is 3.54. The van der Waals surface area contributed by atoms with Gasteiger partial charge in [0, 0.05) is 29.4 Å². The maximum atomic E-state index is 6.06. The Morgan fingerprint density at radius 2 is 2.12 bits per heavy atom. The second-order valence-electron chi connectivity index (χ2n) is 6.78. The molecule has 2 aromatic carbocycles. The van der Waals surface area contributed by atoms with Crippen LogP contribution < -0.4 is 10.5 Å². The smallest absolute Gasteiger partial charge is 0.221 e. The van der Waals surface area contributed by atoms with Gasteiger partial charge in [0.1, 0.15) is 6.61 Å². The standard InChI is InChI=1S/C22H24N2O2/c1-2-15-8-9-19-20(11-15)22(26-14-18-7-4-10-25-18)24-13-21(19)16-5-3-6-17(23)12-16/h3,5-6,8-9,11-13,18H,2,4,7,10,14,23H2,1H3. The Labute approximate surface area is 154 Å². The highest BCUT2D eigenvalue weighted by Gasteiger charge is 2.18. The first-order valence-corrected chi connectivity index (χ1v) is 9.26. The molecule has 3 aromatic rings. The lowest BCUT2D eigenvalue weighted by molar-refractivity contribution is 0.0669. The lowest BCUT2D eigenvalue weighted by Crippen LogP contribution is -2.16. The second-order valence-corrected chi connectivity index (χ2v) is 6.78. The Morgan fingerprint density at radius 1 is 1.19 bits per heavy atom. The predicted molar refractivity (Wildman–Crippen MR) is 105 cm³/mol. The number of nitrogen functional groups attached to an aromatic ring is 1. The topological polar surface area (TPSA) is 57.4 Å². The van der Waals surface area contributed by atoms with Crippen molar-refractivity contribution in [3.05, 3.63) is 54.2 Å². The number of pyridine rings is 1. The summed E-state index contributed by atoms with van der Waals surface area (Å²) >= 11 is 0. The van der Waals surface area contributed by atoms with Crippen molar-refractivity contribution < 1.29 is 9.47 Å². The first kappa shape index (κ1) is 16.9. The maximum Gasteiger partial charge on any atom is 0.221 e. The average molecular weight is 348 g/mol. The summed E-state index contributed by atoms with van der Waals surface area (Å²) in [5.41, 5.74) is 10.1. The van der Waals surface area contributed by atoms with Crippen LogP contribution in [0.1, 0.15) is 25.3 Å². The van der Waals surface area contributed by atoms with E-state index in [1.54, 1.807) is 0 Å². The van der Waals surface area contributed by atoms with Gasteiger partial charge >= 0.3 is 0 Å². The van der Waals surface area contributed by atoms with Crippen molar-refractivity contribution in [1.82, 2.24) is 4.98 Å². The van der Waals surface area contributed by atoms with Crippen LogP contribution >= 0.6 is 0 Å². The fourth-order valence-corrected chi connectivity index (χ4v) is 3.48. The molecule has 134 valence electrons. The fraction of sp³-hybridized carbons (Fsp3) is 0.318. The van der Waals surface area contributed by atoms with E-state index < -0.39 is 0 Å². The van der Waals surface area contributed by atoms with E-state index >= 15 is 0 Å². The molecule has 1 fully saturated rings. The number of nitrogens with two attached hydrogens (primary N) is 1. The van der Waals surface area contributed by atoms with E-state index in [2.05, 4.69) is 36.2 Å². The van der Waals surface area contributed by atoms with Gasteiger partial charge in [-0.2, -0.15) is 0 Å². The number of benzene rings is 2. The Hall–Kier alpha value is -2.59. The number of hydrogen-bond donors (Lipinski definition) is 1. The number of aryl methyl sites for hydroxylation is 1. The summed E-state index contributed by atoms with van der Waals surface area (Å²) in [7, 11) is 0. The van der Waals surface area contributed by atoms with Crippen LogP contribution in [-0.2, 0) is 11.2 Å². The molecule has 4 heteroatoms. The van der Waals surface area contributed by atoms with Crippen LogP contribution in [0.15, 0.2) is 48.7 Å². The molecule has 0 amide bonds. The van der Waals surface area contributed by atoms with Crippen molar-refractivity contribution in [2.24, 2.45) is 0 Å². The Kier molecular flexibility index (Phi) is 4.76. The molecular weight excluding hydrogens is 324 g/mol. The number of ether oxygens (including phenoxy) is 2. The van der Waals surface area contributed by atoms with Gasteiger partial charge in [0.25, 0.3) is 0 Å². The summed E-state index contributed by atoms with van der Waals surface area (Å²) in [4.78, 5) is 4.63. The Bertz CT molecular complexity index is 917. The molecule has 0 bridgehead atoms. The molecule has 1 saturated heterocycles. The third-order valence-electron chi connectivity index (χ3n) is 4.95. The van der Waals surface area contributed by atoms with Crippen LogP contribution in [0.2, 0.25) is 0 Å². The van der Waals surface area contributed by atoms with E-state index in [1.165, 1.54) is 5.56 Å². The van der Waals surface area contributed by atoms with E-state index in [-0.39, 0.29) is 6.10 Å².